The van der Waals surface area contributed by atoms with Crippen molar-refractivity contribution >= 4 is 23.5 Å². The number of hydrogen-bond donors (Lipinski definition) is 0. The molecule has 0 spiro atoms. The molecular formula is C24H29ClFNO3. The fourth-order valence-electron chi connectivity index (χ4n) is 7.31. The van der Waals surface area contributed by atoms with Crippen LogP contribution in [0.4, 0.5) is 4.39 Å². The second-order valence-corrected chi connectivity index (χ2v) is 10.4. The molecule has 162 valence electrons. The Morgan fingerprint density at radius 3 is 2.37 bits per heavy atom. The molecule has 5 aliphatic rings. The molecule has 1 aromatic carbocycles. The van der Waals surface area contributed by atoms with Gasteiger partial charge in [-0.05, 0) is 93.7 Å². The van der Waals surface area contributed by atoms with Crippen LogP contribution in [0.25, 0.3) is 0 Å². The quantitative estimate of drug-likeness (QED) is 0.628. The number of nitrogens with zero attached hydrogens (tertiary/aromatic N) is 1. The molecule has 1 aromatic rings. The molecule has 0 N–H and O–H groups in total. The van der Waals surface area contributed by atoms with Crippen LogP contribution in [0.5, 0.6) is 0 Å². The largest absolute Gasteiger partial charge is 0.464 e. The van der Waals surface area contributed by atoms with Crippen LogP contribution in [0.15, 0.2) is 18.2 Å². The first-order chi connectivity index (χ1) is 14.4. The van der Waals surface area contributed by atoms with Gasteiger partial charge in [-0.15, -0.1) is 0 Å². The lowest BCUT2D eigenvalue weighted by molar-refractivity contribution is -0.166. The minimum absolute atomic E-state index is 0.0513. The number of ether oxygens (including phenoxy) is 1. The number of carbonyl (C=O) groups is 2. The van der Waals surface area contributed by atoms with E-state index in [0.717, 1.165) is 24.8 Å². The average molecular weight is 434 g/mol. The molecule has 4 saturated carbocycles. The van der Waals surface area contributed by atoms with Crippen molar-refractivity contribution in [1.82, 2.24) is 4.90 Å². The van der Waals surface area contributed by atoms with Gasteiger partial charge in [0, 0.05) is 16.5 Å². The highest BCUT2D eigenvalue weighted by molar-refractivity contribution is 6.31. The highest BCUT2D eigenvalue weighted by Gasteiger charge is 2.60. The summed E-state index contributed by atoms with van der Waals surface area (Å²) in [6.07, 6.45) is 7.77. The van der Waals surface area contributed by atoms with E-state index < -0.39 is 6.04 Å². The summed E-state index contributed by atoms with van der Waals surface area (Å²) in [5.74, 6) is 1.09. The van der Waals surface area contributed by atoms with E-state index in [-0.39, 0.29) is 29.2 Å². The molecule has 4 nitrogen and oxygen atoms in total. The maximum atomic E-state index is 13.7. The highest BCUT2D eigenvalue weighted by atomic mass is 35.5. The molecule has 0 radical (unpaired) electrons. The number of amides is 1. The van der Waals surface area contributed by atoms with Crippen molar-refractivity contribution < 1.29 is 18.7 Å². The van der Waals surface area contributed by atoms with Crippen LogP contribution in [0.3, 0.4) is 0 Å². The minimum atomic E-state index is -0.516. The van der Waals surface area contributed by atoms with Crippen LogP contribution in [0.2, 0.25) is 5.02 Å². The third-order valence-corrected chi connectivity index (χ3v) is 8.32. The van der Waals surface area contributed by atoms with Gasteiger partial charge in [0.25, 0.3) is 0 Å². The Bertz CT molecular complexity index is 837. The van der Waals surface area contributed by atoms with Gasteiger partial charge in [0.15, 0.2) is 0 Å². The number of carbonyl (C=O) groups excluding carboxylic acids is 2. The smallest absolute Gasteiger partial charge is 0.328 e. The van der Waals surface area contributed by atoms with E-state index in [1.54, 1.807) is 13.0 Å². The van der Waals surface area contributed by atoms with Crippen molar-refractivity contribution in [2.24, 2.45) is 23.7 Å². The Kier molecular flexibility index (Phi) is 5.08. The van der Waals surface area contributed by atoms with Crippen molar-refractivity contribution in [2.75, 3.05) is 6.61 Å². The summed E-state index contributed by atoms with van der Waals surface area (Å²) < 4.78 is 18.9. The van der Waals surface area contributed by atoms with E-state index in [0.29, 0.717) is 42.2 Å². The summed E-state index contributed by atoms with van der Waals surface area (Å²) in [4.78, 5) is 28.6. The van der Waals surface area contributed by atoms with Gasteiger partial charge < -0.3 is 9.64 Å². The molecule has 5 fully saturated rings. The lowest BCUT2D eigenvalue weighted by atomic mass is 9.52. The molecule has 1 saturated heterocycles. The van der Waals surface area contributed by atoms with Gasteiger partial charge in [-0.25, -0.2) is 9.18 Å². The van der Waals surface area contributed by atoms with Gasteiger partial charge in [-0.2, -0.15) is 0 Å². The van der Waals surface area contributed by atoms with Crippen LogP contribution in [-0.2, 0) is 20.7 Å². The zero-order valence-electron chi connectivity index (χ0n) is 17.4. The number of likely N-dealkylation sites (tertiary alicyclic amines) is 1. The molecule has 6 rings (SSSR count). The first kappa shape index (κ1) is 20.3. The van der Waals surface area contributed by atoms with Gasteiger partial charge in [0.1, 0.15) is 11.9 Å². The van der Waals surface area contributed by atoms with Crippen molar-refractivity contribution in [1.29, 1.82) is 0 Å². The van der Waals surface area contributed by atoms with Crippen LogP contribution in [0.1, 0.15) is 57.4 Å². The molecule has 30 heavy (non-hydrogen) atoms. The SMILES string of the molecule is CCOC(=O)[C@@H]1CC(Cc2ccc(F)cc2Cl)C(=O)N1C12CC3CC(CC(C3)C1)C2. The maximum absolute atomic E-state index is 13.7. The van der Waals surface area contributed by atoms with Gasteiger partial charge in [-0.3, -0.25) is 4.79 Å². The third-order valence-electron chi connectivity index (χ3n) is 7.96. The Labute approximate surface area is 182 Å². The average Bonchev–Trinajstić information content (AvgIpc) is 3.00. The Morgan fingerprint density at radius 1 is 1.17 bits per heavy atom. The molecular weight excluding hydrogens is 405 g/mol. The first-order valence-electron chi connectivity index (χ1n) is 11.3. The van der Waals surface area contributed by atoms with E-state index in [4.69, 9.17) is 16.3 Å². The lowest BCUT2D eigenvalue weighted by Crippen LogP contribution is -2.63. The van der Waals surface area contributed by atoms with Crippen molar-refractivity contribution in [3.63, 3.8) is 0 Å². The summed E-state index contributed by atoms with van der Waals surface area (Å²) in [6.45, 7) is 2.12. The molecule has 1 unspecified atom stereocenters. The highest BCUT2D eigenvalue weighted by Crippen LogP contribution is 2.59. The predicted octanol–water partition coefficient (Wildman–Crippen LogP) is 4.77. The minimum Gasteiger partial charge on any atom is -0.464 e. The number of halogens is 2. The molecule has 1 amide bonds. The van der Waals surface area contributed by atoms with Crippen LogP contribution >= 0.6 is 11.6 Å². The number of benzene rings is 1. The summed E-state index contributed by atoms with van der Waals surface area (Å²) in [5, 5.41) is 0.337. The van der Waals surface area contributed by atoms with E-state index in [1.165, 1.54) is 31.4 Å². The fourth-order valence-corrected chi connectivity index (χ4v) is 7.56. The van der Waals surface area contributed by atoms with Gasteiger partial charge >= 0.3 is 5.97 Å². The van der Waals surface area contributed by atoms with E-state index in [2.05, 4.69) is 0 Å². The number of esters is 1. The van der Waals surface area contributed by atoms with Crippen molar-refractivity contribution in [3.8, 4) is 0 Å². The first-order valence-corrected chi connectivity index (χ1v) is 11.7. The molecule has 4 aliphatic carbocycles. The Balaban J connectivity index is 1.45. The monoisotopic (exact) mass is 433 g/mol. The normalized spacial score (nSPS) is 37.1. The van der Waals surface area contributed by atoms with Gasteiger partial charge in [0.2, 0.25) is 5.91 Å². The molecule has 1 aliphatic heterocycles. The molecule has 0 aromatic heterocycles. The molecule has 4 bridgehead atoms. The number of rotatable bonds is 5. The van der Waals surface area contributed by atoms with Crippen LogP contribution in [0, 0.1) is 29.5 Å². The topological polar surface area (TPSA) is 46.6 Å². The fraction of sp³-hybridized carbons (Fsp3) is 0.667. The zero-order valence-corrected chi connectivity index (χ0v) is 18.2. The summed E-state index contributed by atoms with van der Waals surface area (Å²) in [5.41, 5.74) is 0.566. The van der Waals surface area contributed by atoms with E-state index in [9.17, 15) is 14.0 Å². The van der Waals surface area contributed by atoms with E-state index in [1.807, 2.05) is 4.90 Å². The van der Waals surface area contributed by atoms with E-state index >= 15 is 0 Å². The Hall–Kier alpha value is -1.62. The molecule has 2 atom stereocenters. The Morgan fingerprint density at radius 2 is 1.80 bits per heavy atom. The summed E-state index contributed by atoms with van der Waals surface area (Å²) in [6, 6.07) is 3.80. The predicted molar refractivity (Wildman–Crippen MR) is 111 cm³/mol. The maximum Gasteiger partial charge on any atom is 0.328 e. The lowest BCUT2D eigenvalue weighted by Gasteiger charge is -2.60. The summed E-state index contributed by atoms with van der Waals surface area (Å²) >= 11 is 6.24. The summed E-state index contributed by atoms with van der Waals surface area (Å²) in [7, 11) is 0. The molecule has 1 heterocycles. The second kappa shape index (κ2) is 7.51. The van der Waals surface area contributed by atoms with Crippen LogP contribution in [-0.4, -0.2) is 35.0 Å². The van der Waals surface area contributed by atoms with Gasteiger partial charge in [0.05, 0.1) is 6.61 Å². The van der Waals surface area contributed by atoms with Crippen LogP contribution < -0.4 is 0 Å². The van der Waals surface area contributed by atoms with Crippen molar-refractivity contribution in [2.45, 2.75) is 69.9 Å². The second-order valence-electron chi connectivity index (χ2n) is 9.99. The van der Waals surface area contributed by atoms with Gasteiger partial charge in [-0.1, -0.05) is 17.7 Å². The zero-order chi connectivity index (χ0) is 21.0. The standard InChI is InChI=1S/C24H29ClFNO3/c1-2-30-23(29)21-9-18(8-17-3-4-19(26)10-20(17)25)22(28)27(21)24-11-14-5-15(12-24)7-16(6-14)13-24/h3-4,10,14-16,18,21H,2,5-9,11-13H2,1H3/t14?,15?,16?,18?,21-,24?/m0/s1. The number of hydrogen-bond acceptors (Lipinski definition) is 3. The third kappa shape index (κ3) is 3.34. The van der Waals surface area contributed by atoms with Crippen molar-refractivity contribution in [3.05, 3.63) is 34.6 Å². The molecule has 6 heteroatoms.